The van der Waals surface area contributed by atoms with Crippen LogP contribution >= 0.6 is 7.92 Å². The highest BCUT2D eigenvalue weighted by molar-refractivity contribution is 7.75. The molecule has 0 saturated heterocycles. The molecule has 3 aromatic rings. The maximum absolute atomic E-state index is 2.69. The van der Waals surface area contributed by atoms with Crippen molar-refractivity contribution >= 4 is 123 Å². The zero-order chi connectivity index (χ0) is 72.4. The molecule has 96 heavy (non-hydrogen) atoms. The zero-order valence-electron chi connectivity index (χ0n) is 70.2. The van der Waals surface area contributed by atoms with E-state index >= 15 is 0 Å². The summed E-state index contributed by atoms with van der Waals surface area (Å²) in [5.41, 5.74) is 2.97. The third kappa shape index (κ3) is 42.2. The van der Waals surface area contributed by atoms with Crippen molar-refractivity contribution in [1.29, 1.82) is 0 Å². The fourth-order valence-electron chi connectivity index (χ4n) is 17.2. The molecule has 0 spiro atoms. The summed E-state index contributed by atoms with van der Waals surface area (Å²) in [6.07, 6.45) is 18.6. The van der Waals surface area contributed by atoms with Gasteiger partial charge in [-0.25, -0.2) is 0 Å². The Morgan fingerprint density at radius 2 is 0.385 bits per heavy atom. The third-order valence-electron chi connectivity index (χ3n) is 22.8. The number of benzene rings is 3. The minimum atomic E-state index is -2.04. The highest BCUT2D eigenvalue weighted by Crippen LogP contribution is 2.49. The minimum Gasteiger partial charge on any atom is -0.0695 e. The molecular formula is C82H169PSi13. The smallest absolute Gasteiger partial charge is 0.0584 e. The van der Waals surface area contributed by atoms with Crippen LogP contribution in [0.5, 0.6) is 0 Å². The Labute approximate surface area is 618 Å². The van der Waals surface area contributed by atoms with Gasteiger partial charge in [-0.1, -0.05) is 484 Å². The summed E-state index contributed by atoms with van der Waals surface area (Å²) in [6, 6.07) is 72.9. The van der Waals surface area contributed by atoms with Gasteiger partial charge in [0.15, 0.2) is 0 Å². The highest BCUT2D eigenvalue weighted by atomic mass is 31.1. The molecule has 0 radical (unpaired) electrons. The fraction of sp³-hybridized carbons (Fsp3) is 0.780. The molecule has 0 aromatic heterocycles. The van der Waals surface area contributed by atoms with Crippen molar-refractivity contribution in [3.8, 4) is 11.1 Å². The van der Waals surface area contributed by atoms with Crippen LogP contribution in [0.15, 0.2) is 84.9 Å². The Morgan fingerprint density at radius 1 is 0.198 bits per heavy atom. The van der Waals surface area contributed by atoms with Gasteiger partial charge in [0.2, 0.25) is 0 Å². The van der Waals surface area contributed by atoms with Crippen LogP contribution in [0.1, 0.15) is 77.0 Å². The topological polar surface area (TPSA) is 0 Å². The second-order valence-corrected chi connectivity index (χ2v) is 117. The molecular weight excluding hydrogens is 1380 g/mol. The molecule has 0 N–H and O–H groups in total. The van der Waals surface area contributed by atoms with Crippen molar-refractivity contribution in [2.24, 2.45) is 0 Å². The average molecular weight is 1550 g/mol. The van der Waals surface area contributed by atoms with Crippen LogP contribution in [0, 0.1) is 0 Å². The van der Waals surface area contributed by atoms with E-state index in [0.717, 1.165) is 0 Å². The lowest BCUT2D eigenvalue weighted by molar-refractivity contribution is 0.833. The van der Waals surface area contributed by atoms with Crippen molar-refractivity contribution < 1.29 is 0 Å². The molecule has 0 heterocycles. The van der Waals surface area contributed by atoms with Crippen molar-refractivity contribution in [2.45, 2.75) is 399 Å². The predicted octanol–water partition coefficient (Wildman–Crippen LogP) is 30.8. The van der Waals surface area contributed by atoms with Crippen LogP contribution in [-0.2, 0) is 0 Å². The molecule has 0 nitrogen and oxygen atoms in total. The van der Waals surface area contributed by atoms with E-state index in [1.54, 1.807) is 233 Å². The first-order valence-electron chi connectivity index (χ1n) is 41.0. The first kappa shape index (κ1) is 91.1. The number of hydrogen-bond donors (Lipinski definition) is 0. The summed E-state index contributed by atoms with van der Waals surface area (Å²) in [7, 11) is -17.8. The van der Waals surface area contributed by atoms with E-state index < -0.39 is 113 Å². The second kappa shape index (κ2) is 41.1. The molecule has 0 aliphatic rings. The fourth-order valence-corrected chi connectivity index (χ4v) is 59.2. The second-order valence-electron chi connectivity index (χ2n) is 44.1. The van der Waals surface area contributed by atoms with Gasteiger partial charge in [-0.3, -0.25) is 0 Å². The number of hydrogen-bond acceptors (Lipinski definition) is 0. The largest absolute Gasteiger partial charge is 0.0695 e. The Morgan fingerprint density at radius 3 is 0.615 bits per heavy atom. The van der Waals surface area contributed by atoms with Crippen LogP contribution in [0.3, 0.4) is 0 Å². The quantitative estimate of drug-likeness (QED) is 0.0390. The summed E-state index contributed by atoms with van der Waals surface area (Å²) < 4.78 is 0. The molecule has 0 fully saturated rings. The van der Waals surface area contributed by atoms with Gasteiger partial charge in [0.05, 0.1) is 32.3 Å². The first-order chi connectivity index (χ1) is 44.0. The molecule has 0 amide bonds. The van der Waals surface area contributed by atoms with E-state index in [0.29, 0.717) is 0 Å². The molecule has 0 aliphatic carbocycles. The molecule has 0 saturated carbocycles. The third-order valence-corrected chi connectivity index (χ3v) is 66.5. The predicted molar refractivity (Wildman–Crippen MR) is 493 cm³/mol. The lowest BCUT2D eigenvalue weighted by atomic mass is 10.1. The minimum absolute atomic E-state index is 0.582. The van der Waals surface area contributed by atoms with E-state index in [-0.39, 0.29) is 0 Å². The lowest BCUT2D eigenvalue weighted by Gasteiger charge is -2.41. The van der Waals surface area contributed by atoms with E-state index in [4.69, 9.17) is 0 Å². The Balaban J connectivity index is 2.58. The van der Waals surface area contributed by atoms with E-state index in [9.17, 15) is 0 Å². The first-order valence-corrected chi connectivity index (χ1v) is 87.2. The summed E-state index contributed by atoms with van der Waals surface area (Å²) in [4.78, 5) is 0. The normalized spacial score (nSPS) is 14.4. The molecule has 14 heteroatoms. The molecule has 3 aromatic carbocycles. The monoisotopic (exact) mass is 1550 g/mol. The van der Waals surface area contributed by atoms with E-state index in [1.807, 2.05) is 0 Å². The molecule has 3 rings (SSSR count). The van der Waals surface area contributed by atoms with E-state index in [2.05, 4.69) is 262 Å². The van der Waals surface area contributed by atoms with Gasteiger partial charge in [0.25, 0.3) is 0 Å². The Bertz CT molecular complexity index is 2210. The summed E-state index contributed by atoms with van der Waals surface area (Å²) in [5, 5.41) is 3.39. The van der Waals surface area contributed by atoms with Gasteiger partial charge in [0.1, 0.15) is 0 Å². The van der Waals surface area contributed by atoms with Crippen LogP contribution in [-0.4, -0.2) is 111 Å². The lowest BCUT2D eigenvalue weighted by Crippen LogP contribution is -2.44. The maximum Gasteiger partial charge on any atom is 0.0584 e. The highest BCUT2D eigenvalue weighted by Gasteiger charge is 2.43. The number of rotatable bonds is 53. The van der Waals surface area contributed by atoms with Crippen LogP contribution in [0.4, 0.5) is 0 Å². The van der Waals surface area contributed by atoms with Gasteiger partial charge in [-0.05, 0) is 35.4 Å². The summed E-state index contributed by atoms with van der Waals surface area (Å²) >= 11 is 0. The Hall–Kier alpha value is 0.909. The molecule has 554 valence electrons. The van der Waals surface area contributed by atoms with Gasteiger partial charge < -0.3 is 0 Å². The van der Waals surface area contributed by atoms with Gasteiger partial charge in [-0.2, -0.15) is 0 Å². The molecule has 1 atom stereocenters. The average Bonchev–Trinajstić information content (AvgIpc) is 0.786. The summed E-state index contributed by atoms with van der Waals surface area (Å²) in [6.45, 7) is 72.7. The standard InChI is InChI=1S/C82H169PSi13/c1-84(2,3)54-36-63-93(64-37-55-85(4,5)6,65-38-56-86(7,8)9)72-45-75-96(78-83(80-50-32-29-33-51-80)82-53-35-34-52-81(82)79-48-30-28-31-49-79,76-46-73-94(66-39-57-87(10,11)12,67-40-58-88(13,14)15)68-41-59-89(16,17)18)77-47-74-95(69-42-60-90(19,20)21,70-43-61-91(22,23)24)71-44-62-92(25,26)27/h28-35,48-53H,36-47,54-78H2,1-27H3. The molecule has 0 bridgehead atoms. The SMILES string of the molecule is C[Si](C)(C)CCC[Si](CCC[Si](C)(C)C)(CCC[Si](C)(C)C)CCC[Si](CCC[Si](CCC[Si](C)(C)C)(CCC[Si](C)(C)C)CCC[Si](C)(C)C)(CCC[Si](CCC[Si](C)(C)C)(CCC[Si](C)(C)C)CCC[Si](C)(C)C)CP(c1ccccc1)c1ccccc1-c1ccccc1. The van der Waals surface area contributed by atoms with Gasteiger partial charge >= 0.3 is 0 Å². The van der Waals surface area contributed by atoms with Gasteiger partial charge in [0, 0.05) is 72.7 Å². The zero-order valence-corrected chi connectivity index (χ0v) is 84.1. The maximum atomic E-state index is 2.69. The van der Waals surface area contributed by atoms with Crippen LogP contribution in [0.25, 0.3) is 11.1 Å². The van der Waals surface area contributed by atoms with Crippen LogP contribution in [0.2, 0.25) is 322 Å². The van der Waals surface area contributed by atoms with E-state index in [1.165, 1.54) is 16.9 Å². The molecule has 1 unspecified atom stereocenters. The van der Waals surface area contributed by atoms with Crippen molar-refractivity contribution in [1.82, 2.24) is 0 Å². The van der Waals surface area contributed by atoms with Crippen molar-refractivity contribution in [2.75, 3.05) is 5.79 Å². The van der Waals surface area contributed by atoms with Gasteiger partial charge in [-0.15, -0.1) is 0 Å². The summed E-state index contributed by atoms with van der Waals surface area (Å²) in [5.74, 6) is 1.52. The van der Waals surface area contributed by atoms with Crippen LogP contribution < -0.4 is 10.6 Å². The molecule has 0 aliphatic heterocycles. The van der Waals surface area contributed by atoms with Crippen molar-refractivity contribution in [3.63, 3.8) is 0 Å². The van der Waals surface area contributed by atoms with Crippen molar-refractivity contribution in [3.05, 3.63) is 84.9 Å². The Kier molecular flexibility index (Phi) is 39.1.